The van der Waals surface area contributed by atoms with Gasteiger partial charge >= 0.3 is 0 Å². The Morgan fingerprint density at radius 2 is 2.00 bits per heavy atom. The third kappa shape index (κ3) is 8.52. The fourth-order valence-corrected chi connectivity index (χ4v) is 3.64. The van der Waals surface area contributed by atoms with E-state index in [1.165, 1.54) is 18.5 Å². The highest BCUT2D eigenvalue weighted by molar-refractivity contribution is 7.89. The van der Waals surface area contributed by atoms with Crippen LogP contribution in [0.5, 0.6) is 5.75 Å². The van der Waals surface area contributed by atoms with Crippen LogP contribution in [-0.2, 0) is 10.0 Å². The van der Waals surface area contributed by atoms with E-state index in [4.69, 9.17) is 4.74 Å². The van der Waals surface area contributed by atoms with Crippen molar-refractivity contribution in [3.05, 3.63) is 54.4 Å². The van der Waals surface area contributed by atoms with E-state index >= 15 is 0 Å². The first-order chi connectivity index (χ1) is 14.8. The van der Waals surface area contributed by atoms with Crippen molar-refractivity contribution in [1.82, 2.24) is 20.3 Å². The summed E-state index contributed by atoms with van der Waals surface area (Å²) in [5.74, 6) is 1.18. The van der Waals surface area contributed by atoms with Crippen molar-refractivity contribution in [3.63, 3.8) is 0 Å². The Morgan fingerprint density at radius 1 is 1.19 bits per heavy atom. The average Bonchev–Trinajstić information content (AvgIpc) is 2.75. The minimum atomic E-state index is -3.61. The number of nitrogens with zero attached hydrogens (tertiary/aromatic N) is 2. The van der Waals surface area contributed by atoms with Gasteiger partial charge in [-0.25, -0.2) is 13.1 Å². The number of benzene rings is 1. The maximum atomic E-state index is 12.2. The molecule has 0 amide bonds. The predicted molar refractivity (Wildman–Crippen MR) is 121 cm³/mol. The average molecular weight is 450 g/mol. The summed E-state index contributed by atoms with van der Waals surface area (Å²) in [6.45, 7) is 7.06. The van der Waals surface area contributed by atoms with Gasteiger partial charge in [0.15, 0.2) is 5.96 Å². The summed E-state index contributed by atoms with van der Waals surface area (Å²) in [4.78, 5) is 8.32. The SMILES string of the molecule is CCNC(=NCC(O)c1cccc(OC(C)C)c1)NCCNS(=O)(=O)c1cccnc1. The summed E-state index contributed by atoms with van der Waals surface area (Å²) < 4.78 is 32.6. The molecule has 1 atom stereocenters. The Labute approximate surface area is 184 Å². The van der Waals surface area contributed by atoms with Gasteiger partial charge in [0.2, 0.25) is 10.0 Å². The molecule has 1 heterocycles. The molecule has 9 nitrogen and oxygen atoms in total. The van der Waals surface area contributed by atoms with Crippen LogP contribution in [-0.4, -0.2) is 56.8 Å². The zero-order chi connectivity index (χ0) is 22.7. The van der Waals surface area contributed by atoms with Crippen LogP contribution in [0.25, 0.3) is 0 Å². The van der Waals surface area contributed by atoms with Crippen LogP contribution >= 0.6 is 0 Å². The molecule has 0 fully saturated rings. The van der Waals surface area contributed by atoms with E-state index in [1.54, 1.807) is 12.1 Å². The second kappa shape index (κ2) is 12.2. The summed E-state index contributed by atoms with van der Waals surface area (Å²) in [5, 5.41) is 16.6. The molecule has 0 aliphatic heterocycles. The first-order valence-electron chi connectivity index (χ1n) is 10.2. The van der Waals surface area contributed by atoms with Crippen LogP contribution in [0.3, 0.4) is 0 Å². The van der Waals surface area contributed by atoms with Gasteiger partial charge in [0.05, 0.1) is 18.8 Å². The maximum Gasteiger partial charge on any atom is 0.242 e. The standard InChI is InChI=1S/C21H31N5O4S/c1-4-23-21(24-11-12-26-31(28,29)19-9-6-10-22-14-19)25-15-20(27)17-7-5-8-18(13-17)30-16(2)3/h5-10,13-14,16,20,26-27H,4,11-12,15H2,1-3H3,(H2,23,24,25). The monoisotopic (exact) mass is 449 g/mol. The molecule has 2 rings (SSSR count). The summed E-state index contributed by atoms with van der Waals surface area (Å²) in [5.41, 5.74) is 0.710. The molecule has 170 valence electrons. The molecule has 0 bridgehead atoms. The van der Waals surface area contributed by atoms with Gasteiger partial charge in [-0.3, -0.25) is 9.98 Å². The number of hydrogen-bond donors (Lipinski definition) is 4. The summed E-state index contributed by atoms with van der Waals surface area (Å²) in [6, 6.07) is 10.3. The Morgan fingerprint density at radius 3 is 2.68 bits per heavy atom. The lowest BCUT2D eigenvalue weighted by Gasteiger charge is -2.15. The Balaban J connectivity index is 1.88. The molecule has 1 unspecified atom stereocenters. The Hall–Kier alpha value is -2.69. The molecule has 1 aromatic carbocycles. The van der Waals surface area contributed by atoms with Gasteiger partial charge in [0.1, 0.15) is 10.6 Å². The zero-order valence-corrected chi connectivity index (χ0v) is 18.9. The topological polar surface area (TPSA) is 125 Å². The van der Waals surface area contributed by atoms with E-state index in [2.05, 4.69) is 25.3 Å². The van der Waals surface area contributed by atoms with E-state index in [0.29, 0.717) is 30.4 Å². The Kier molecular flexibility index (Phi) is 9.70. The largest absolute Gasteiger partial charge is 0.491 e. The molecule has 0 spiro atoms. The van der Waals surface area contributed by atoms with Crippen molar-refractivity contribution in [3.8, 4) is 5.75 Å². The second-order valence-corrected chi connectivity index (χ2v) is 8.75. The van der Waals surface area contributed by atoms with Gasteiger partial charge in [-0.2, -0.15) is 0 Å². The fraction of sp³-hybridized carbons (Fsp3) is 0.429. The first kappa shape index (κ1) is 24.6. The highest BCUT2D eigenvalue weighted by Gasteiger charge is 2.13. The number of rotatable bonds is 11. The lowest BCUT2D eigenvalue weighted by Crippen LogP contribution is -2.41. The number of aliphatic hydroxyl groups is 1. The summed E-state index contributed by atoms with van der Waals surface area (Å²) in [7, 11) is -3.61. The number of ether oxygens (including phenoxy) is 1. The van der Waals surface area contributed by atoms with Gasteiger partial charge in [-0.1, -0.05) is 12.1 Å². The molecule has 0 aliphatic carbocycles. The van der Waals surface area contributed by atoms with Crippen LogP contribution in [0.2, 0.25) is 0 Å². The molecule has 31 heavy (non-hydrogen) atoms. The number of aliphatic hydroxyl groups excluding tert-OH is 1. The lowest BCUT2D eigenvalue weighted by atomic mass is 10.1. The number of sulfonamides is 1. The van der Waals surface area contributed by atoms with E-state index < -0.39 is 16.1 Å². The van der Waals surface area contributed by atoms with E-state index in [1.807, 2.05) is 39.0 Å². The highest BCUT2D eigenvalue weighted by Crippen LogP contribution is 2.20. The van der Waals surface area contributed by atoms with Crippen molar-refractivity contribution < 1.29 is 18.3 Å². The smallest absolute Gasteiger partial charge is 0.242 e. The fourth-order valence-electron chi connectivity index (χ4n) is 2.65. The Bertz CT molecular complexity index is 936. The zero-order valence-electron chi connectivity index (χ0n) is 18.1. The third-order valence-corrected chi connectivity index (χ3v) is 5.48. The molecular weight excluding hydrogens is 418 g/mol. The maximum absolute atomic E-state index is 12.2. The van der Waals surface area contributed by atoms with Crippen LogP contribution in [0.4, 0.5) is 0 Å². The van der Waals surface area contributed by atoms with Crippen LogP contribution in [0, 0.1) is 0 Å². The highest BCUT2D eigenvalue weighted by atomic mass is 32.2. The van der Waals surface area contributed by atoms with E-state index in [0.717, 1.165) is 0 Å². The van der Waals surface area contributed by atoms with Crippen molar-refractivity contribution >= 4 is 16.0 Å². The van der Waals surface area contributed by atoms with Crippen LogP contribution < -0.4 is 20.1 Å². The molecule has 0 radical (unpaired) electrons. The van der Waals surface area contributed by atoms with Gasteiger partial charge in [-0.05, 0) is 50.6 Å². The molecule has 0 saturated carbocycles. The number of pyridine rings is 1. The van der Waals surface area contributed by atoms with Crippen molar-refractivity contribution in [2.24, 2.45) is 4.99 Å². The molecule has 2 aromatic rings. The normalized spacial score (nSPS) is 13.1. The summed E-state index contributed by atoms with van der Waals surface area (Å²) in [6.07, 6.45) is 2.06. The molecule has 0 saturated heterocycles. The minimum Gasteiger partial charge on any atom is -0.491 e. The molecule has 0 aliphatic rings. The van der Waals surface area contributed by atoms with E-state index in [9.17, 15) is 13.5 Å². The number of aliphatic imine (C=N–C) groups is 1. The summed E-state index contributed by atoms with van der Waals surface area (Å²) >= 11 is 0. The number of nitrogens with one attached hydrogen (secondary N) is 3. The lowest BCUT2D eigenvalue weighted by molar-refractivity contribution is 0.185. The molecular formula is C21H31N5O4S. The van der Waals surface area contributed by atoms with Gasteiger partial charge in [-0.15, -0.1) is 0 Å². The molecule has 1 aromatic heterocycles. The number of hydrogen-bond acceptors (Lipinski definition) is 6. The number of guanidine groups is 1. The number of aromatic nitrogens is 1. The minimum absolute atomic E-state index is 0.0468. The van der Waals surface area contributed by atoms with Crippen LogP contribution in [0.15, 0.2) is 58.7 Å². The predicted octanol–water partition coefficient (Wildman–Crippen LogP) is 1.44. The molecule has 4 N–H and O–H groups in total. The third-order valence-electron chi connectivity index (χ3n) is 4.04. The first-order valence-corrected chi connectivity index (χ1v) is 11.7. The van der Waals surface area contributed by atoms with Crippen LogP contribution in [0.1, 0.15) is 32.4 Å². The van der Waals surface area contributed by atoms with E-state index in [-0.39, 0.29) is 24.1 Å². The van der Waals surface area contributed by atoms with Crippen molar-refractivity contribution in [2.45, 2.75) is 37.9 Å². The van der Waals surface area contributed by atoms with Crippen molar-refractivity contribution in [1.29, 1.82) is 0 Å². The van der Waals surface area contributed by atoms with Crippen molar-refractivity contribution in [2.75, 3.05) is 26.2 Å². The quantitative estimate of drug-likeness (QED) is 0.232. The second-order valence-electron chi connectivity index (χ2n) is 6.99. The van der Waals surface area contributed by atoms with Gasteiger partial charge in [0, 0.05) is 32.0 Å². The van der Waals surface area contributed by atoms with Gasteiger partial charge < -0.3 is 20.5 Å². The van der Waals surface area contributed by atoms with Gasteiger partial charge in [0.25, 0.3) is 0 Å². The molecule has 10 heteroatoms.